The smallest absolute Gasteiger partial charge is 0.320 e. The Morgan fingerprint density at radius 3 is 2.40 bits per heavy atom. The zero-order chi connectivity index (χ0) is 18.8. The van der Waals surface area contributed by atoms with Gasteiger partial charge in [-0.25, -0.2) is 0 Å². The van der Waals surface area contributed by atoms with Crippen molar-refractivity contribution in [3.8, 4) is 0 Å². The minimum Gasteiger partial charge on any atom is -0.480 e. The van der Waals surface area contributed by atoms with Crippen molar-refractivity contribution in [2.75, 3.05) is 19.7 Å². The first-order valence-corrected chi connectivity index (χ1v) is 12.1. The minimum atomic E-state index is -1.81. The molecule has 4 nitrogen and oxygen atoms in total. The van der Waals surface area contributed by atoms with Crippen LogP contribution in [-0.4, -0.2) is 50.0 Å². The van der Waals surface area contributed by atoms with E-state index in [2.05, 4.69) is 63.0 Å². The van der Waals surface area contributed by atoms with Gasteiger partial charge in [0, 0.05) is 31.5 Å². The lowest BCUT2D eigenvalue weighted by atomic mass is 9.90. The first-order chi connectivity index (χ1) is 11.5. The van der Waals surface area contributed by atoms with Crippen molar-refractivity contribution in [2.24, 2.45) is 5.92 Å². The van der Waals surface area contributed by atoms with Crippen LogP contribution in [0.1, 0.15) is 39.2 Å². The third kappa shape index (κ3) is 4.71. The molecule has 0 saturated carbocycles. The molecule has 1 N–H and O–H groups in total. The summed E-state index contributed by atoms with van der Waals surface area (Å²) in [7, 11) is -1.81. The predicted octanol–water partition coefficient (Wildman–Crippen LogP) is 4.20. The van der Waals surface area contributed by atoms with E-state index in [9.17, 15) is 9.90 Å². The fourth-order valence-corrected chi connectivity index (χ4v) is 4.22. The number of hydrogen-bond acceptors (Lipinski definition) is 3. The Bertz CT molecular complexity index is 582. The highest BCUT2D eigenvalue weighted by Crippen LogP contribution is 2.39. The van der Waals surface area contributed by atoms with Crippen LogP contribution in [0.3, 0.4) is 0 Å². The normalized spacial score (nSPS) is 23.6. The Hall–Kier alpha value is -1.17. The second-order valence-corrected chi connectivity index (χ2v) is 13.6. The summed E-state index contributed by atoms with van der Waals surface area (Å²) in [6, 6.07) is 9.99. The van der Waals surface area contributed by atoms with Crippen LogP contribution in [0, 0.1) is 5.92 Å². The Morgan fingerprint density at radius 2 is 1.88 bits per heavy atom. The van der Waals surface area contributed by atoms with Gasteiger partial charge in [-0.2, -0.15) is 0 Å². The molecule has 1 aromatic carbocycles. The molecule has 1 heterocycles. The lowest BCUT2D eigenvalue weighted by molar-refractivity contribution is -0.142. The van der Waals surface area contributed by atoms with Gasteiger partial charge in [0.05, 0.1) is 0 Å². The van der Waals surface area contributed by atoms with Crippen molar-refractivity contribution in [3.05, 3.63) is 35.9 Å². The van der Waals surface area contributed by atoms with Crippen LogP contribution < -0.4 is 0 Å². The van der Waals surface area contributed by atoms with Gasteiger partial charge in [0.15, 0.2) is 8.32 Å². The van der Waals surface area contributed by atoms with Gasteiger partial charge in [0.2, 0.25) is 0 Å². The number of carboxylic acids is 1. The molecule has 2 rings (SSSR count). The fraction of sp³-hybridized carbons (Fsp3) is 0.650. The Labute approximate surface area is 153 Å². The average molecular weight is 364 g/mol. The van der Waals surface area contributed by atoms with E-state index >= 15 is 0 Å². The summed E-state index contributed by atoms with van der Waals surface area (Å²) in [5, 5.41) is 9.57. The summed E-state index contributed by atoms with van der Waals surface area (Å²) in [6.07, 6.45) is 0. The van der Waals surface area contributed by atoms with Crippen molar-refractivity contribution >= 4 is 14.3 Å². The molecular weight excluding hydrogens is 330 g/mol. The molecule has 0 spiro atoms. The highest BCUT2D eigenvalue weighted by atomic mass is 28.4. The van der Waals surface area contributed by atoms with Gasteiger partial charge in [-0.15, -0.1) is 0 Å². The van der Waals surface area contributed by atoms with Crippen LogP contribution in [0.5, 0.6) is 0 Å². The molecule has 0 aliphatic carbocycles. The van der Waals surface area contributed by atoms with Crippen LogP contribution >= 0.6 is 0 Å². The van der Waals surface area contributed by atoms with E-state index in [1.165, 1.54) is 5.56 Å². The van der Waals surface area contributed by atoms with Gasteiger partial charge in [-0.3, -0.25) is 9.69 Å². The lowest BCUT2D eigenvalue weighted by Gasteiger charge is -2.37. The number of aliphatic carboxylic acids is 1. The Morgan fingerprint density at radius 1 is 1.28 bits per heavy atom. The number of carboxylic acid groups (broad SMARTS) is 1. The van der Waals surface area contributed by atoms with Crippen molar-refractivity contribution in [1.82, 2.24) is 4.90 Å². The summed E-state index contributed by atoms with van der Waals surface area (Å²) >= 11 is 0. The summed E-state index contributed by atoms with van der Waals surface area (Å²) in [5.74, 6) is -0.0936. The van der Waals surface area contributed by atoms with Gasteiger partial charge < -0.3 is 9.53 Å². The zero-order valence-corrected chi connectivity index (χ0v) is 17.5. The summed E-state index contributed by atoms with van der Waals surface area (Å²) in [5.41, 5.74) is 1.28. The maximum absolute atomic E-state index is 11.4. The molecule has 0 amide bonds. The number of rotatable bonds is 6. The van der Waals surface area contributed by atoms with E-state index < -0.39 is 20.3 Å². The summed E-state index contributed by atoms with van der Waals surface area (Å²) in [6.45, 7) is 15.4. The molecule has 1 aliphatic heterocycles. The van der Waals surface area contributed by atoms with Crippen molar-refractivity contribution in [2.45, 2.75) is 57.8 Å². The van der Waals surface area contributed by atoms with Gasteiger partial charge >= 0.3 is 5.97 Å². The van der Waals surface area contributed by atoms with E-state index in [0.29, 0.717) is 18.4 Å². The van der Waals surface area contributed by atoms with Gasteiger partial charge in [-0.05, 0) is 30.6 Å². The summed E-state index contributed by atoms with van der Waals surface area (Å²) < 4.78 is 6.48. The molecule has 1 saturated heterocycles. The van der Waals surface area contributed by atoms with Crippen LogP contribution in [0.2, 0.25) is 18.1 Å². The van der Waals surface area contributed by atoms with Gasteiger partial charge in [0.1, 0.15) is 6.04 Å². The number of carbonyl (C=O) groups is 1. The van der Waals surface area contributed by atoms with E-state index in [4.69, 9.17) is 4.43 Å². The number of benzene rings is 1. The number of likely N-dealkylation sites (tertiary alicyclic amines) is 1. The quantitative estimate of drug-likeness (QED) is 0.770. The van der Waals surface area contributed by atoms with E-state index in [-0.39, 0.29) is 5.04 Å². The molecular formula is C20H33NO3Si. The monoisotopic (exact) mass is 363 g/mol. The lowest BCUT2D eigenvalue weighted by Crippen LogP contribution is -2.42. The Kier molecular flexibility index (Phi) is 6.12. The first-order valence-electron chi connectivity index (χ1n) is 9.18. The number of hydrogen-bond donors (Lipinski definition) is 1. The fourth-order valence-electron chi connectivity index (χ4n) is 3.16. The molecule has 1 fully saturated rings. The van der Waals surface area contributed by atoms with E-state index in [1.54, 1.807) is 6.92 Å². The van der Waals surface area contributed by atoms with Gasteiger partial charge in [-0.1, -0.05) is 51.1 Å². The van der Waals surface area contributed by atoms with Crippen LogP contribution in [0.25, 0.3) is 0 Å². The molecule has 5 heteroatoms. The van der Waals surface area contributed by atoms with Crippen molar-refractivity contribution < 1.29 is 14.3 Å². The molecule has 2 unspecified atom stereocenters. The second kappa shape index (κ2) is 7.60. The van der Waals surface area contributed by atoms with Crippen molar-refractivity contribution in [1.29, 1.82) is 0 Å². The Balaban J connectivity index is 2.16. The van der Waals surface area contributed by atoms with Crippen LogP contribution in [0.15, 0.2) is 30.3 Å². The highest BCUT2D eigenvalue weighted by Gasteiger charge is 2.41. The van der Waals surface area contributed by atoms with Crippen LogP contribution in [-0.2, 0) is 9.22 Å². The maximum atomic E-state index is 11.4. The third-order valence-corrected chi connectivity index (χ3v) is 10.6. The molecule has 3 atom stereocenters. The minimum absolute atomic E-state index is 0.182. The van der Waals surface area contributed by atoms with Crippen molar-refractivity contribution in [3.63, 3.8) is 0 Å². The zero-order valence-electron chi connectivity index (χ0n) is 16.5. The molecule has 0 aromatic heterocycles. The van der Waals surface area contributed by atoms with Crippen LogP contribution in [0.4, 0.5) is 0 Å². The number of nitrogens with zero attached hydrogens (tertiary/aromatic N) is 1. The highest BCUT2D eigenvalue weighted by molar-refractivity contribution is 6.74. The van der Waals surface area contributed by atoms with E-state index in [0.717, 1.165) is 13.1 Å². The topological polar surface area (TPSA) is 49.8 Å². The molecule has 0 radical (unpaired) electrons. The molecule has 1 aliphatic rings. The standard InChI is InChI=1S/C20H33NO3Si/c1-15(19(22)23)21-12-17(14-24-25(5,6)20(2,3)4)18(13-21)16-10-8-7-9-11-16/h7-11,15,17-18H,12-14H2,1-6H3,(H,22,23)/t15-,17?,18?/m1/s1. The largest absolute Gasteiger partial charge is 0.480 e. The molecule has 1 aromatic rings. The maximum Gasteiger partial charge on any atom is 0.320 e. The SMILES string of the molecule is C[C@H](C(=O)O)N1CC(CO[Si](C)(C)C(C)(C)C)C(c2ccccc2)C1. The predicted molar refractivity (Wildman–Crippen MR) is 104 cm³/mol. The third-order valence-electron chi connectivity index (χ3n) is 6.07. The molecule has 25 heavy (non-hydrogen) atoms. The van der Waals surface area contributed by atoms with E-state index in [1.807, 2.05) is 6.07 Å². The molecule has 0 bridgehead atoms. The first kappa shape index (κ1) is 20.1. The van der Waals surface area contributed by atoms with Gasteiger partial charge in [0.25, 0.3) is 0 Å². The summed E-state index contributed by atoms with van der Waals surface area (Å²) in [4.78, 5) is 13.5. The average Bonchev–Trinajstić information content (AvgIpc) is 2.96. The second-order valence-electron chi connectivity index (χ2n) is 8.82. The molecule has 140 valence electrons.